The number of benzene rings is 4. The number of carbonyl (C=O) groups excluding carboxylic acids is 1. The van der Waals surface area contributed by atoms with E-state index in [4.69, 9.17) is 19.9 Å². The lowest BCUT2D eigenvalue weighted by Crippen LogP contribution is -2.54. The van der Waals surface area contributed by atoms with Crippen LogP contribution in [-0.2, 0) is 17.6 Å². The molecule has 2 fully saturated rings. The number of hydrogen-bond acceptors (Lipinski definition) is 15. The second-order valence-corrected chi connectivity index (χ2v) is 17.6. The van der Waals surface area contributed by atoms with Gasteiger partial charge in [-0.1, -0.05) is 24.3 Å². The summed E-state index contributed by atoms with van der Waals surface area (Å²) in [6.45, 7) is 7.59. The Kier molecular flexibility index (Phi) is 13.7. The van der Waals surface area contributed by atoms with Crippen LogP contribution in [0.15, 0.2) is 59.7 Å². The summed E-state index contributed by atoms with van der Waals surface area (Å²) in [5, 5.41) is 42.4. The fourth-order valence-corrected chi connectivity index (χ4v) is 9.63. The van der Waals surface area contributed by atoms with E-state index in [-0.39, 0.29) is 46.9 Å². The van der Waals surface area contributed by atoms with Gasteiger partial charge in [0.1, 0.15) is 11.3 Å². The number of rotatable bonds is 8. The Morgan fingerprint density at radius 2 is 1.71 bits per heavy atom. The molecule has 4 aliphatic rings. The molecule has 2 aliphatic heterocycles. The number of hydrazine groups is 1. The first-order chi connectivity index (χ1) is 33.1. The number of hydrogen-bond donors (Lipinski definition) is 7. The van der Waals surface area contributed by atoms with Crippen molar-refractivity contribution in [3.8, 4) is 34.1 Å². The van der Waals surface area contributed by atoms with Crippen LogP contribution in [-0.4, -0.2) is 107 Å². The Morgan fingerprint density at radius 3 is 2.38 bits per heavy atom. The molecule has 2 aliphatic carbocycles. The number of likely N-dealkylation sites (N-methyl/N-ethyl adjacent to an activating group) is 1. The molecule has 20 heteroatoms. The quantitative estimate of drug-likeness (QED) is 0.0624. The molecule has 10 rings (SSSR count). The number of ether oxygens (including phenoxy) is 3. The zero-order chi connectivity index (χ0) is 49.4. The predicted octanol–water partition coefficient (Wildman–Crippen LogP) is 6.65. The van der Waals surface area contributed by atoms with Gasteiger partial charge >= 0.3 is 12.1 Å². The number of anilines is 3. The third-order valence-electron chi connectivity index (χ3n) is 12.8. The summed E-state index contributed by atoms with van der Waals surface area (Å²) in [7, 11) is 5.23. The van der Waals surface area contributed by atoms with Gasteiger partial charge in [-0.2, -0.15) is 5.10 Å². The van der Waals surface area contributed by atoms with Crippen LogP contribution in [0.2, 0.25) is 0 Å². The Balaban J connectivity index is 0.000000144. The van der Waals surface area contributed by atoms with Crippen molar-refractivity contribution >= 4 is 50.9 Å². The topological polar surface area (TPSA) is 239 Å². The van der Waals surface area contributed by atoms with Crippen LogP contribution in [0.4, 0.5) is 30.8 Å². The van der Waals surface area contributed by atoms with Crippen molar-refractivity contribution < 1.29 is 47.9 Å². The maximum Gasteiger partial charge on any atom is 0.425 e. The number of amides is 1. The number of nitrogens with two attached hydrogens (primary N) is 1. The summed E-state index contributed by atoms with van der Waals surface area (Å²) >= 11 is 0. The molecule has 364 valence electrons. The van der Waals surface area contributed by atoms with Gasteiger partial charge in [0.15, 0.2) is 40.5 Å². The first-order valence-electron chi connectivity index (χ1n) is 22.6. The van der Waals surface area contributed by atoms with Crippen molar-refractivity contribution in [3.63, 3.8) is 0 Å². The molecule has 4 heterocycles. The molecule has 0 bridgehead atoms. The Hall–Kier alpha value is -7.45. The first-order valence-corrected chi connectivity index (χ1v) is 22.6. The molecule has 4 aromatic carbocycles. The number of aromatic hydroxyl groups is 2. The normalized spacial score (nSPS) is 18.1. The Morgan fingerprint density at radius 1 is 1.00 bits per heavy atom. The highest BCUT2D eigenvalue weighted by Gasteiger charge is 2.37. The minimum Gasteiger partial charge on any atom is -0.504 e. The standard InChI is InChI=1S/C19H22F2N4O3.C19H21NO4.C11H12N4O2/c1-8-5-24(6-9(2)23-8)17-13(20)15(22)12-16(14(17)21)25(10-3-4-10)7-11(18(12)26)19(27)28;1-20-5-4-10-7-15(22)19(24-3)18-12-9-16(23-2)14(21)8-11(12)6-13(20)17(10)18;1-2-17-11(16)15-14-10-9-6-4-3-5-8(9)7-12-13-10/h7-10,23H,3-6,22H2,1-2H3,(H,27,28);7-9,13,21-22H,4-6H2,1-3H3;3-7H,2H2,1H3,(H,13,14)(H,15,16)/t8-,9+;;. The van der Waals surface area contributed by atoms with Crippen LogP contribution in [0.25, 0.3) is 32.8 Å². The predicted molar refractivity (Wildman–Crippen MR) is 256 cm³/mol. The van der Waals surface area contributed by atoms with E-state index in [9.17, 15) is 29.7 Å². The molecule has 1 amide bonds. The number of fused-ring (bicyclic) bond motifs is 4. The van der Waals surface area contributed by atoms with Crippen LogP contribution in [0.3, 0.4) is 0 Å². The molecular formula is C49H55F2N9O9. The van der Waals surface area contributed by atoms with E-state index in [2.05, 4.69) is 38.3 Å². The van der Waals surface area contributed by atoms with Gasteiger partial charge in [-0.05, 0) is 94.0 Å². The van der Waals surface area contributed by atoms with Crippen molar-refractivity contribution in [1.29, 1.82) is 0 Å². The SMILES string of the molecule is CCOC(=O)NNc1nncc2ccccc12.COc1cc2c(cc1O)CC1c3c(cc(O)c(OC)c3-2)CCN1C.C[C@@H]1CN(c2c(F)c(N)c3c(=O)c(C(=O)O)cn(C4CC4)c3c2F)C[C@H](C)N1. The number of phenols is 2. The summed E-state index contributed by atoms with van der Waals surface area (Å²) in [4.78, 5) is 39.2. The number of nitrogen functional groups attached to an aromatic ring is 1. The fourth-order valence-electron chi connectivity index (χ4n) is 9.63. The van der Waals surface area contributed by atoms with E-state index in [0.717, 1.165) is 65.9 Å². The van der Waals surface area contributed by atoms with E-state index >= 15 is 8.78 Å². The van der Waals surface area contributed by atoms with Gasteiger partial charge in [0, 0.05) is 66.3 Å². The van der Waals surface area contributed by atoms with E-state index in [0.29, 0.717) is 37.0 Å². The Labute approximate surface area is 395 Å². The lowest BCUT2D eigenvalue weighted by Gasteiger charge is -2.40. The number of nitrogens with zero attached hydrogens (tertiary/aromatic N) is 5. The molecule has 3 atom stereocenters. The van der Waals surface area contributed by atoms with E-state index < -0.39 is 45.8 Å². The molecule has 6 aromatic rings. The molecule has 18 nitrogen and oxygen atoms in total. The number of aromatic carboxylic acids is 1. The number of carboxylic acids is 1. The van der Waals surface area contributed by atoms with Gasteiger partial charge in [-0.15, -0.1) is 5.10 Å². The number of piperazine rings is 1. The minimum atomic E-state index is -1.45. The summed E-state index contributed by atoms with van der Waals surface area (Å²) in [6.07, 6.45) is 5.43. The summed E-state index contributed by atoms with van der Waals surface area (Å²) < 4.78 is 47.8. The average molecular weight is 952 g/mol. The number of carbonyl (C=O) groups is 2. The van der Waals surface area contributed by atoms with Crippen LogP contribution in [0.1, 0.15) is 72.7 Å². The summed E-state index contributed by atoms with van der Waals surface area (Å²) in [5.74, 6) is -1.64. The number of aromatic nitrogens is 3. The van der Waals surface area contributed by atoms with Gasteiger partial charge in [-0.3, -0.25) is 15.1 Å². The van der Waals surface area contributed by atoms with Crippen molar-refractivity contribution in [3.05, 3.63) is 99.0 Å². The van der Waals surface area contributed by atoms with Crippen molar-refractivity contribution in [2.75, 3.05) is 63.6 Å². The van der Waals surface area contributed by atoms with Crippen molar-refractivity contribution in [2.45, 2.75) is 70.6 Å². The maximum atomic E-state index is 15.6. The molecule has 8 N–H and O–H groups in total. The maximum absolute atomic E-state index is 15.6. The van der Waals surface area contributed by atoms with Crippen molar-refractivity contribution in [2.24, 2.45) is 0 Å². The molecule has 69 heavy (non-hydrogen) atoms. The molecule has 1 saturated carbocycles. The second-order valence-electron chi connectivity index (χ2n) is 17.6. The molecule has 1 saturated heterocycles. The van der Waals surface area contributed by atoms with E-state index in [1.807, 2.05) is 50.2 Å². The highest BCUT2D eigenvalue weighted by molar-refractivity contribution is 6.00. The molecule has 0 radical (unpaired) electrons. The number of phenolic OH excluding ortho intramolecular Hbond substituents is 2. The monoisotopic (exact) mass is 951 g/mol. The number of nitrogens with one attached hydrogen (secondary N) is 3. The van der Waals surface area contributed by atoms with E-state index in [1.54, 1.807) is 31.2 Å². The molecule has 0 spiro atoms. The molecular weight excluding hydrogens is 897 g/mol. The minimum absolute atomic E-state index is 0.0134. The number of methoxy groups -OCH3 is 2. The third kappa shape index (κ3) is 9.28. The van der Waals surface area contributed by atoms with Gasteiger partial charge in [0.2, 0.25) is 5.43 Å². The Bertz CT molecular complexity index is 3020. The molecule has 1 unspecified atom stereocenters. The van der Waals surface area contributed by atoms with Crippen molar-refractivity contribution in [1.82, 2.24) is 30.4 Å². The second kappa shape index (κ2) is 19.6. The van der Waals surface area contributed by atoms with Crippen LogP contribution < -0.4 is 41.7 Å². The fraction of sp³-hybridized carbons (Fsp3) is 0.367. The van der Waals surface area contributed by atoms with Crippen LogP contribution in [0.5, 0.6) is 23.0 Å². The smallest absolute Gasteiger partial charge is 0.425 e. The van der Waals surface area contributed by atoms with Gasteiger partial charge < -0.3 is 50.0 Å². The summed E-state index contributed by atoms with van der Waals surface area (Å²) in [6, 6.07) is 13.2. The highest BCUT2D eigenvalue weighted by atomic mass is 19.1. The van der Waals surface area contributed by atoms with Crippen LogP contribution in [0, 0.1) is 11.6 Å². The first kappa shape index (κ1) is 48.0. The lowest BCUT2D eigenvalue weighted by atomic mass is 9.76. The highest BCUT2D eigenvalue weighted by Crippen LogP contribution is 2.53. The third-order valence-corrected chi connectivity index (χ3v) is 12.8. The number of halogens is 2. The average Bonchev–Trinajstić information content (AvgIpc) is 4.17. The van der Waals surface area contributed by atoms with Gasteiger partial charge in [0.25, 0.3) is 0 Å². The number of pyridine rings is 1. The molecule has 2 aromatic heterocycles. The van der Waals surface area contributed by atoms with E-state index in [1.165, 1.54) is 22.8 Å². The van der Waals surface area contributed by atoms with Gasteiger partial charge in [0.05, 0.1) is 43.6 Å². The zero-order valence-corrected chi connectivity index (χ0v) is 39.0. The van der Waals surface area contributed by atoms with Gasteiger partial charge in [-0.25, -0.2) is 23.8 Å². The lowest BCUT2D eigenvalue weighted by molar-refractivity contribution is 0.0694. The zero-order valence-electron chi connectivity index (χ0n) is 39.0. The summed E-state index contributed by atoms with van der Waals surface area (Å²) in [5.41, 5.74) is 13.9. The largest absolute Gasteiger partial charge is 0.504 e. The number of carboxylic acid groups (broad SMARTS) is 1. The van der Waals surface area contributed by atoms with Crippen LogP contribution >= 0.6 is 0 Å².